The van der Waals surface area contributed by atoms with Crippen LogP contribution < -0.4 is 10.1 Å². The zero-order valence-electron chi connectivity index (χ0n) is 11.6. The molecule has 0 radical (unpaired) electrons. The van der Waals surface area contributed by atoms with Crippen LogP contribution in [0.4, 0.5) is 0 Å². The number of aryl methyl sites for hydroxylation is 1. The highest BCUT2D eigenvalue weighted by Crippen LogP contribution is 2.20. The molecule has 5 heteroatoms. The van der Waals surface area contributed by atoms with Crippen molar-refractivity contribution in [2.75, 3.05) is 26.9 Å². The van der Waals surface area contributed by atoms with E-state index >= 15 is 0 Å². The molecule has 2 unspecified atom stereocenters. The number of ether oxygens (including phenoxy) is 2. The molecule has 0 amide bonds. The zero-order chi connectivity index (χ0) is 14.3. The molecule has 0 heterocycles. The monoisotopic (exact) mass is 287 g/mol. The first-order chi connectivity index (χ1) is 9.02. The maximum Gasteiger partial charge on any atom is 0.119 e. The minimum Gasteiger partial charge on any atom is -0.491 e. The number of hydrogen-bond donors (Lipinski definition) is 2. The van der Waals surface area contributed by atoms with Gasteiger partial charge in [0.15, 0.2) is 0 Å². The minimum atomic E-state index is -0.560. The summed E-state index contributed by atoms with van der Waals surface area (Å²) in [5.41, 5.74) is 0.959. The summed E-state index contributed by atoms with van der Waals surface area (Å²) in [5, 5.41) is 13.7. The molecule has 0 aliphatic carbocycles. The summed E-state index contributed by atoms with van der Waals surface area (Å²) in [5.74, 6) is 0.714. The first kappa shape index (κ1) is 16.2. The second-order valence-electron chi connectivity index (χ2n) is 4.64. The van der Waals surface area contributed by atoms with E-state index in [1.54, 1.807) is 19.2 Å². The van der Waals surface area contributed by atoms with Crippen molar-refractivity contribution in [3.63, 3.8) is 0 Å². The van der Waals surface area contributed by atoms with Gasteiger partial charge in [-0.15, -0.1) is 0 Å². The Morgan fingerprint density at radius 1 is 1.37 bits per heavy atom. The highest BCUT2D eigenvalue weighted by Gasteiger charge is 2.08. The van der Waals surface area contributed by atoms with Gasteiger partial charge in [-0.3, -0.25) is 0 Å². The number of benzene rings is 1. The fourth-order valence-electron chi connectivity index (χ4n) is 1.60. The van der Waals surface area contributed by atoms with Crippen molar-refractivity contribution in [2.24, 2.45) is 0 Å². The minimum absolute atomic E-state index is 0.206. The smallest absolute Gasteiger partial charge is 0.119 e. The van der Waals surface area contributed by atoms with Gasteiger partial charge >= 0.3 is 0 Å². The number of aliphatic hydroxyl groups is 1. The Morgan fingerprint density at radius 2 is 2.11 bits per heavy atom. The Kier molecular flexibility index (Phi) is 7.16. The predicted octanol–water partition coefficient (Wildman–Crippen LogP) is 2.01. The largest absolute Gasteiger partial charge is 0.491 e. The van der Waals surface area contributed by atoms with Crippen molar-refractivity contribution < 1.29 is 14.6 Å². The molecule has 0 bridgehead atoms. The summed E-state index contributed by atoms with van der Waals surface area (Å²) >= 11 is 5.93. The van der Waals surface area contributed by atoms with Crippen molar-refractivity contribution in [2.45, 2.75) is 26.0 Å². The van der Waals surface area contributed by atoms with Crippen LogP contribution >= 0.6 is 11.6 Å². The van der Waals surface area contributed by atoms with E-state index < -0.39 is 6.10 Å². The van der Waals surface area contributed by atoms with Crippen LogP contribution in [0.5, 0.6) is 5.75 Å². The second kappa shape index (κ2) is 8.38. The molecule has 19 heavy (non-hydrogen) atoms. The van der Waals surface area contributed by atoms with Crippen LogP contribution in [0.25, 0.3) is 0 Å². The molecule has 0 spiro atoms. The van der Waals surface area contributed by atoms with E-state index in [2.05, 4.69) is 5.32 Å². The molecular weight excluding hydrogens is 266 g/mol. The number of nitrogens with one attached hydrogen (secondary N) is 1. The third kappa shape index (κ3) is 6.25. The van der Waals surface area contributed by atoms with Crippen molar-refractivity contribution in [3.8, 4) is 5.75 Å². The molecular formula is C14H22ClNO3. The van der Waals surface area contributed by atoms with Crippen molar-refractivity contribution in [1.82, 2.24) is 5.32 Å². The number of aliphatic hydroxyl groups excluding tert-OH is 1. The normalized spacial score (nSPS) is 14.2. The quantitative estimate of drug-likeness (QED) is 0.768. The van der Waals surface area contributed by atoms with E-state index in [-0.39, 0.29) is 12.6 Å². The third-order valence-electron chi connectivity index (χ3n) is 2.69. The van der Waals surface area contributed by atoms with Gasteiger partial charge in [-0.25, -0.2) is 0 Å². The van der Waals surface area contributed by atoms with Crippen molar-refractivity contribution >= 4 is 11.6 Å². The molecule has 0 saturated heterocycles. The van der Waals surface area contributed by atoms with Crippen LogP contribution in [-0.4, -0.2) is 44.1 Å². The molecule has 0 aliphatic rings. The molecule has 0 aliphatic heterocycles. The molecule has 1 aromatic carbocycles. The highest BCUT2D eigenvalue weighted by atomic mass is 35.5. The first-order valence-electron chi connectivity index (χ1n) is 6.32. The molecule has 0 fully saturated rings. The lowest BCUT2D eigenvalue weighted by Crippen LogP contribution is -2.38. The molecule has 2 N–H and O–H groups in total. The Hall–Kier alpha value is -0.810. The lowest BCUT2D eigenvalue weighted by atomic mass is 10.2. The summed E-state index contributed by atoms with van der Waals surface area (Å²) in [4.78, 5) is 0. The fourth-order valence-corrected chi connectivity index (χ4v) is 1.72. The van der Waals surface area contributed by atoms with E-state index in [1.807, 2.05) is 19.9 Å². The average Bonchev–Trinajstić information content (AvgIpc) is 2.38. The van der Waals surface area contributed by atoms with Gasteiger partial charge in [0.1, 0.15) is 18.5 Å². The van der Waals surface area contributed by atoms with Gasteiger partial charge in [0.25, 0.3) is 0 Å². The fraction of sp³-hybridized carbons (Fsp3) is 0.571. The van der Waals surface area contributed by atoms with E-state index in [0.717, 1.165) is 5.56 Å². The molecule has 108 valence electrons. The summed E-state index contributed by atoms with van der Waals surface area (Å²) in [6.45, 7) is 5.24. The first-order valence-corrected chi connectivity index (χ1v) is 6.70. The van der Waals surface area contributed by atoms with E-state index in [4.69, 9.17) is 21.1 Å². The third-order valence-corrected chi connectivity index (χ3v) is 3.11. The SMILES string of the molecule is COCC(C)NCC(O)COc1ccc(Cl)c(C)c1. The van der Waals surface area contributed by atoms with E-state index in [9.17, 15) is 5.11 Å². The van der Waals surface area contributed by atoms with Crippen LogP contribution in [0.1, 0.15) is 12.5 Å². The van der Waals surface area contributed by atoms with Gasteiger partial charge < -0.3 is 19.9 Å². The lowest BCUT2D eigenvalue weighted by Gasteiger charge is -2.17. The van der Waals surface area contributed by atoms with Gasteiger partial charge in [0.05, 0.1) is 6.61 Å². The summed E-state index contributed by atoms with van der Waals surface area (Å²) in [7, 11) is 1.65. The van der Waals surface area contributed by atoms with Crippen LogP contribution in [-0.2, 0) is 4.74 Å². The number of hydrogen-bond acceptors (Lipinski definition) is 4. The molecule has 1 rings (SSSR count). The van der Waals surface area contributed by atoms with Crippen LogP contribution in [0.2, 0.25) is 5.02 Å². The Morgan fingerprint density at radius 3 is 2.74 bits per heavy atom. The molecule has 1 aromatic rings. The lowest BCUT2D eigenvalue weighted by molar-refractivity contribution is 0.0973. The van der Waals surface area contributed by atoms with Crippen LogP contribution in [0, 0.1) is 6.92 Å². The van der Waals surface area contributed by atoms with Gasteiger partial charge in [-0.05, 0) is 37.6 Å². The second-order valence-corrected chi connectivity index (χ2v) is 5.05. The zero-order valence-corrected chi connectivity index (χ0v) is 12.4. The number of methoxy groups -OCH3 is 1. The number of halogens is 1. The van der Waals surface area contributed by atoms with Gasteiger partial charge in [-0.1, -0.05) is 11.6 Å². The van der Waals surface area contributed by atoms with Gasteiger partial charge in [0.2, 0.25) is 0 Å². The van der Waals surface area contributed by atoms with Crippen LogP contribution in [0.15, 0.2) is 18.2 Å². The van der Waals surface area contributed by atoms with Crippen molar-refractivity contribution in [1.29, 1.82) is 0 Å². The maximum atomic E-state index is 9.80. The Balaban J connectivity index is 2.29. The predicted molar refractivity (Wildman–Crippen MR) is 77.0 cm³/mol. The van der Waals surface area contributed by atoms with Crippen molar-refractivity contribution in [3.05, 3.63) is 28.8 Å². The number of rotatable bonds is 8. The summed E-state index contributed by atoms with van der Waals surface area (Å²) in [6, 6.07) is 5.65. The molecule has 0 saturated carbocycles. The molecule has 0 aromatic heterocycles. The van der Waals surface area contributed by atoms with E-state index in [1.165, 1.54) is 0 Å². The Labute approximate surface area is 119 Å². The summed E-state index contributed by atoms with van der Waals surface area (Å²) in [6.07, 6.45) is -0.560. The van der Waals surface area contributed by atoms with Crippen LogP contribution in [0.3, 0.4) is 0 Å². The summed E-state index contributed by atoms with van der Waals surface area (Å²) < 4.78 is 10.5. The molecule has 2 atom stereocenters. The van der Waals surface area contributed by atoms with Gasteiger partial charge in [-0.2, -0.15) is 0 Å². The molecule has 4 nitrogen and oxygen atoms in total. The average molecular weight is 288 g/mol. The maximum absolute atomic E-state index is 9.80. The van der Waals surface area contributed by atoms with E-state index in [0.29, 0.717) is 23.9 Å². The standard InChI is InChI=1S/C14H22ClNO3/c1-10-6-13(4-5-14(10)15)19-9-12(17)7-16-11(2)8-18-3/h4-6,11-12,16-17H,7-9H2,1-3H3. The highest BCUT2D eigenvalue weighted by molar-refractivity contribution is 6.31. The van der Waals surface area contributed by atoms with Gasteiger partial charge in [0, 0.05) is 24.7 Å². The topological polar surface area (TPSA) is 50.7 Å². The Bertz CT molecular complexity index is 387.